The fourth-order valence-corrected chi connectivity index (χ4v) is 5.03. The smallest absolute Gasteiger partial charge is 0.243 e. The third kappa shape index (κ3) is 5.11. The Morgan fingerprint density at radius 1 is 1.11 bits per heavy atom. The number of piperidine rings is 1. The zero-order chi connectivity index (χ0) is 20.1. The van der Waals surface area contributed by atoms with Gasteiger partial charge in [-0.25, -0.2) is 8.42 Å². The number of rotatable bonds is 5. The Bertz CT molecular complexity index is 914. The molecule has 0 saturated carbocycles. The zero-order valence-corrected chi connectivity index (χ0v) is 17.2. The molecule has 1 heterocycles. The van der Waals surface area contributed by atoms with Crippen molar-refractivity contribution in [3.8, 4) is 0 Å². The fraction of sp³-hybridized carbons (Fsp3) is 0.381. The van der Waals surface area contributed by atoms with Crippen LogP contribution in [0.25, 0.3) is 0 Å². The van der Waals surface area contributed by atoms with Gasteiger partial charge in [0.15, 0.2) is 5.96 Å². The van der Waals surface area contributed by atoms with Crippen molar-refractivity contribution >= 4 is 21.7 Å². The first-order valence-corrected chi connectivity index (χ1v) is 11.0. The molecule has 0 aliphatic carbocycles. The first-order chi connectivity index (χ1) is 13.3. The van der Waals surface area contributed by atoms with Gasteiger partial charge in [-0.1, -0.05) is 24.3 Å². The summed E-state index contributed by atoms with van der Waals surface area (Å²) in [6.07, 6.45) is 1.57. The lowest BCUT2D eigenvalue weighted by molar-refractivity contribution is 0.279. The molecule has 0 radical (unpaired) electrons. The SMILES string of the molecule is Cc1cc(C)cc(NC(N)=NCC2CCN(S(=O)(=O)c3ccccc3)CC2)c1. The molecule has 2 aromatic carbocycles. The number of nitrogens with zero attached hydrogens (tertiary/aromatic N) is 2. The van der Waals surface area contributed by atoms with E-state index in [-0.39, 0.29) is 0 Å². The van der Waals surface area contributed by atoms with Gasteiger partial charge in [0, 0.05) is 25.3 Å². The highest BCUT2D eigenvalue weighted by molar-refractivity contribution is 7.89. The average Bonchev–Trinajstić information content (AvgIpc) is 2.66. The molecule has 1 saturated heterocycles. The molecule has 1 aliphatic rings. The van der Waals surface area contributed by atoms with Gasteiger partial charge < -0.3 is 11.1 Å². The van der Waals surface area contributed by atoms with Crippen molar-refractivity contribution in [3.63, 3.8) is 0 Å². The van der Waals surface area contributed by atoms with Gasteiger partial charge in [0.05, 0.1) is 4.90 Å². The first-order valence-electron chi connectivity index (χ1n) is 9.55. The second-order valence-corrected chi connectivity index (χ2v) is 9.33. The molecule has 2 aromatic rings. The highest BCUT2D eigenvalue weighted by Crippen LogP contribution is 2.24. The average molecular weight is 401 g/mol. The van der Waals surface area contributed by atoms with Crippen LogP contribution in [-0.4, -0.2) is 38.3 Å². The lowest BCUT2D eigenvalue weighted by Gasteiger charge is -2.30. The summed E-state index contributed by atoms with van der Waals surface area (Å²) < 4.78 is 26.9. The van der Waals surface area contributed by atoms with Crippen LogP contribution in [0.15, 0.2) is 58.4 Å². The standard InChI is InChI=1S/C21H28N4O2S/c1-16-12-17(2)14-19(13-16)24-21(22)23-15-18-8-10-25(11-9-18)28(26,27)20-6-4-3-5-7-20/h3-7,12-14,18H,8-11,15H2,1-2H3,(H3,22,23,24). The largest absolute Gasteiger partial charge is 0.370 e. The van der Waals surface area contributed by atoms with Crippen molar-refractivity contribution in [2.24, 2.45) is 16.6 Å². The zero-order valence-electron chi connectivity index (χ0n) is 16.4. The van der Waals surface area contributed by atoms with Crippen LogP contribution < -0.4 is 11.1 Å². The van der Waals surface area contributed by atoms with Crippen LogP contribution in [0.2, 0.25) is 0 Å². The number of anilines is 1. The first kappa shape index (κ1) is 20.4. The monoisotopic (exact) mass is 400 g/mol. The van der Waals surface area contributed by atoms with Crippen LogP contribution in [0.5, 0.6) is 0 Å². The number of nitrogens with two attached hydrogens (primary N) is 1. The van der Waals surface area contributed by atoms with Crippen molar-refractivity contribution in [1.29, 1.82) is 0 Å². The lowest BCUT2D eigenvalue weighted by atomic mass is 9.98. The summed E-state index contributed by atoms with van der Waals surface area (Å²) in [5.41, 5.74) is 9.30. The number of aryl methyl sites for hydroxylation is 2. The predicted octanol–water partition coefficient (Wildman–Crippen LogP) is 3.13. The molecule has 7 heteroatoms. The third-order valence-electron chi connectivity index (χ3n) is 4.97. The van der Waals surface area contributed by atoms with Gasteiger partial charge in [-0.05, 0) is 68.0 Å². The molecular weight excluding hydrogens is 372 g/mol. The van der Waals surface area contributed by atoms with Crippen molar-refractivity contribution < 1.29 is 8.42 Å². The van der Waals surface area contributed by atoms with Gasteiger partial charge in [-0.15, -0.1) is 0 Å². The van der Waals surface area contributed by atoms with Gasteiger partial charge in [0.1, 0.15) is 0 Å². The second kappa shape index (κ2) is 8.75. The molecule has 6 nitrogen and oxygen atoms in total. The topological polar surface area (TPSA) is 87.8 Å². The Morgan fingerprint density at radius 3 is 2.32 bits per heavy atom. The molecule has 150 valence electrons. The van der Waals surface area contributed by atoms with E-state index < -0.39 is 10.0 Å². The van der Waals surface area contributed by atoms with Crippen LogP contribution in [0, 0.1) is 19.8 Å². The van der Waals surface area contributed by atoms with Crippen LogP contribution in [-0.2, 0) is 10.0 Å². The fourth-order valence-electron chi connectivity index (χ4n) is 3.54. The lowest BCUT2D eigenvalue weighted by Crippen LogP contribution is -2.39. The summed E-state index contributed by atoms with van der Waals surface area (Å²) in [4.78, 5) is 4.82. The van der Waals surface area contributed by atoms with E-state index in [1.54, 1.807) is 28.6 Å². The minimum Gasteiger partial charge on any atom is -0.370 e. The van der Waals surface area contributed by atoms with Crippen molar-refractivity contribution in [2.45, 2.75) is 31.6 Å². The van der Waals surface area contributed by atoms with E-state index >= 15 is 0 Å². The highest BCUT2D eigenvalue weighted by Gasteiger charge is 2.29. The van der Waals surface area contributed by atoms with E-state index in [1.807, 2.05) is 32.0 Å². The number of sulfonamides is 1. The normalized spacial score (nSPS) is 16.9. The molecule has 3 N–H and O–H groups in total. The van der Waals surface area contributed by atoms with Crippen LogP contribution in [0.4, 0.5) is 5.69 Å². The van der Waals surface area contributed by atoms with Crippen molar-refractivity contribution in [2.75, 3.05) is 25.0 Å². The van der Waals surface area contributed by atoms with Crippen LogP contribution in [0.1, 0.15) is 24.0 Å². The van der Waals surface area contributed by atoms with Crippen LogP contribution in [0.3, 0.4) is 0 Å². The van der Waals surface area contributed by atoms with E-state index in [9.17, 15) is 8.42 Å². The molecule has 0 spiro atoms. The summed E-state index contributed by atoms with van der Waals surface area (Å²) >= 11 is 0. The Kier molecular flexibility index (Phi) is 6.36. The summed E-state index contributed by atoms with van der Waals surface area (Å²) in [6.45, 7) is 5.72. The third-order valence-corrected chi connectivity index (χ3v) is 6.88. The molecule has 0 unspecified atom stereocenters. The van der Waals surface area contributed by atoms with Gasteiger partial charge in [0.2, 0.25) is 10.0 Å². The minimum absolute atomic E-state index is 0.335. The summed E-state index contributed by atoms with van der Waals surface area (Å²) in [5, 5.41) is 3.14. The molecule has 1 fully saturated rings. The van der Waals surface area contributed by atoms with Gasteiger partial charge in [0.25, 0.3) is 0 Å². The van der Waals surface area contributed by atoms with Gasteiger partial charge >= 0.3 is 0 Å². The van der Waals surface area contributed by atoms with Crippen molar-refractivity contribution in [1.82, 2.24) is 4.31 Å². The Balaban J connectivity index is 1.53. The number of benzene rings is 2. The minimum atomic E-state index is -3.41. The van der Waals surface area contributed by atoms with E-state index in [2.05, 4.69) is 16.4 Å². The van der Waals surface area contributed by atoms with E-state index in [0.29, 0.717) is 36.4 Å². The molecular formula is C21H28N4O2S. The Morgan fingerprint density at radius 2 is 1.71 bits per heavy atom. The number of hydrogen-bond acceptors (Lipinski definition) is 3. The number of guanidine groups is 1. The van der Waals surface area contributed by atoms with E-state index in [4.69, 9.17) is 5.73 Å². The second-order valence-electron chi connectivity index (χ2n) is 7.39. The molecule has 0 atom stereocenters. The van der Waals surface area contributed by atoms with Crippen molar-refractivity contribution in [3.05, 3.63) is 59.7 Å². The molecule has 0 aromatic heterocycles. The number of aliphatic imine (C=N–C) groups is 1. The highest BCUT2D eigenvalue weighted by atomic mass is 32.2. The molecule has 28 heavy (non-hydrogen) atoms. The molecule has 0 bridgehead atoms. The maximum atomic E-state index is 12.7. The number of hydrogen-bond donors (Lipinski definition) is 2. The summed E-state index contributed by atoms with van der Waals surface area (Å²) in [6, 6.07) is 14.8. The molecule has 3 rings (SSSR count). The maximum absolute atomic E-state index is 12.7. The van der Waals surface area contributed by atoms with Crippen LogP contribution >= 0.6 is 0 Å². The van der Waals surface area contributed by atoms with E-state index in [0.717, 1.165) is 18.5 Å². The quantitative estimate of drug-likeness (QED) is 0.596. The summed E-state index contributed by atoms with van der Waals surface area (Å²) in [7, 11) is -3.41. The summed E-state index contributed by atoms with van der Waals surface area (Å²) in [5.74, 6) is 0.728. The predicted molar refractivity (Wildman–Crippen MR) is 114 cm³/mol. The molecule has 0 amide bonds. The Hall–Kier alpha value is -2.38. The number of nitrogens with one attached hydrogen (secondary N) is 1. The van der Waals surface area contributed by atoms with Gasteiger partial charge in [-0.3, -0.25) is 4.99 Å². The molecule has 1 aliphatic heterocycles. The van der Waals surface area contributed by atoms with E-state index in [1.165, 1.54) is 11.1 Å². The Labute approximate surface area is 167 Å². The maximum Gasteiger partial charge on any atom is 0.243 e. The van der Waals surface area contributed by atoms with Gasteiger partial charge in [-0.2, -0.15) is 4.31 Å².